The smallest absolute Gasteiger partial charge is 0.290 e. The van der Waals surface area contributed by atoms with Gasteiger partial charge in [-0.05, 0) is 36.9 Å². The molecule has 0 aromatic heterocycles. The summed E-state index contributed by atoms with van der Waals surface area (Å²) < 4.78 is 32.5. The molecule has 0 aliphatic heterocycles. The first-order chi connectivity index (χ1) is 15.9. The van der Waals surface area contributed by atoms with Gasteiger partial charge in [0, 0.05) is 12.5 Å². The first-order valence-corrected chi connectivity index (χ1v) is 13.3. The summed E-state index contributed by atoms with van der Waals surface area (Å²) in [6, 6.07) is 7.61. The van der Waals surface area contributed by atoms with Crippen molar-refractivity contribution in [1.82, 2.24) is 15.5 Å². The molecule has 0 saturated heterocycles. The number of amides is 2. The van der Waals surface area contributed by atoms with Gasteiger partial charge in [-0.25, -0.2) is 0 Å². The highest BCUT2D eigenvalue weighted by Gasteiger charge is 2.41. The van der Waals surface area contributed by atoms with Crippen molar-refractivity contribution < 1.29 is 22.6 Å². The Labute approximate surface area is 211 Å². The molecule has 0 fully saturated rings. The monoisotopic (exact) mass is 509 g/mol. The van der Waals surface area contributed by atoms with Crippen LogP contribution in [-0.4, -0.2) is 61.9 Å². The van der Waals surface area contributed by atoms with E-state index in [9.17, 15) is 22.6 Å². The van der Waals surface area contributed by atoms with Crippen molar-refractivity contribution in [3.63, 3.8) is 0 Å². The molecular formula is C26H43N3O5S. The lowest BCUT2D eigenvalue weighted by Gasteiger charge is -2.39. The number of rotatable bonds is 10. The Hall–Kier alpha value is -2.23. The molecule has 3 atom stereocenters. The molecule has 0 saturated carbocycles. The lowest BCUT2D eigenvalue weighted by atomic mass is 9.76. The summed E-state index contributed by atoms with van der Waals surface area (Å²) in [4.78, 5) is 28.4. The van der Waals surface area contributed by atoms with E-state index in [1.54, 1.807) is 14.1 Å². The minimum absolute atomic E-state index is 0.140. The highest BCUT2D eigenvalue weighted by molar-refractivity contribution is 7.89. The van der Waals surface area contributed by atoms with E-state index >= 15 is 0 Å². The Bertz CT molecular complexity index is 1010. The molecule has 0 unspecified atom stereocenters. The fourth-order valence-electron chi connectivity index (χ4n) is 4.16. The van der Waals surface area contributed by atoms with Crippen molar-refractivity contribution in [3.8, 4) is 0 Å². The van der Waals surface area contributed by atoms with Crippen LogP contribution < -0.4 is 10.6 Å². The molecule has 8 nitrogen and oxygen atoms in total. The highest BCUT2D eigenvalue weighted by Crippen LogP contribution is 2.29. The number of nitrogens with zero attached hydrogens (tertiary/aromatic N) is 1. The van der Waals surface area contributed by atoms with Crippen LogP contribution in [0.4, 0.5) is 0 Å². The van der Waals surface area contributed by atoms with Crippen LogP contribution in [-0.2, 0) is 25.1 Å². The maximum Gasteiger partial charge on any atom is 0.290 e. The molecule has 0 aliphatic carbocycles. The lowest BCUT2D eigenvalue weighted by Crippen LogP contribution is -2.61. The summed E-state index contributed by atoms with van der Waals surface area (Å²) in [6.45, 7) is 14.5. The summed E-state index contributed by atoms with van der Waals surface area (Å²) in [7, 11) is -1.08. The Morgan fingerprint density at radius 2 is 1.54 bits per heavy atom. The van der Waals surface area contributed by atoms with Crippen LogP contribution in [0.25, 0.3) is 0 Å². The van der Waals surface area contributed by atoms with Crippen LogP contribution in [0, 0.1) is 11.3 Å². The maximum absolute atomic E-state index is 13.7. The summed E-state index contributed by atoms with van der Waals surface area (Å²) in [6.07, 6.45) is 1.37. The highest BCUT2D eigenvalue weighted by atomic mass is 32.2. The molecule has 198 valence electrons. The second-order valence-corrected chi connectivity index (χ2v) is 12.6. The Morgan fingerprint density at radius 3 is 1.94 bits per heavy atom. The predicted molar refractivity (Wildman–Crippen MR) is 140 cm³/mol. The normalized spacial score (nSPS) is 15.9. The Kier molecular flexibility index (Phi) is 10.3. The zero-order chi connectivity index (χ0) is 27.4. The zero-order valence-electron chi connectivity index (χ0n) is 22.7. The summed E-state index contributed by atoms with van der Waals surface area (Å²) in [5, 5.41) is 6.07. The van der Waals surface area contributed by atoms with Gasteiger partial charge in [0.15, 0.2) is 0 Å². The molecule has 1 rings (SSSR count). The molecule has 0 heterocycles. The minimum atomic E-state index is -4.37. The van der Waals surface area contributed by atoms with Gasteiger partial charge in [0.05, 0.1) is 17.0 Å². The lowest BCUT2D eigenvalue weighted by molar-refractivity contribution is -0.140. The first kappa shape index (κ1) is 30.8. The van der Waals surface area contributed by atoms with Crippen LogP contribution in [0.15, 0.2) is 41.3 Å². The van der Waals surface area contributed by atoms with Gasteiger partial charge >= 0.3 is 0 Å². The van der Waals surface area contributed by atoms with Gasteiger partial charge in [0.1, 0.15) is 6.04 Å². The quantitative estimate of drug-likeness (QED) is 0.417. The third-order valence-electron chi connectivity index (χ3n) is 6.48. The molecule has 9 heteroatoms. The van der Waals surface area contributed by atoms with Gasteiger partial charge in [-0.1, -0.05) is 78.8 Å². The average molecular weight is 510 g/mol. The molecular weight excluding hydrogens is 466 g/mol. The number of hydrogen-bond acceptors (Lipinski definition) is 5. The van der Waals surface area contributed by atoms with Crippen molar-refractivity contribution >= 4 is 21.9 Å². The molecule has 1 aromatic rings. The molecule has 2 amide bonds. The van der Waals surface area contributed by atoms with Crippen molar-refractivity contribution in [2.45, 2.75) is 78.9 Å². The van der Waals surface area contributed by atoms with Crippen molar-refractivity contribution in [1.29, 1.82) is 0 Å². The van der Waals surface area contributed by atoms with Gasteiger partial charge in [-0.2, -0.15) is 8.42 Å². The van der Waals surface area contributed by atoms with Gasteiger partial charge in [0.25, 0.3) is 10.1 Å². The van der Waals surface area contributed by atoms with Gasteiger partial charge in [-0.15, -0.1) is 0 Å². The van der Waals surface area contributed by atoms with E-state index in [0.29, 0.717) is 0 Å². The Balaban J connectivity index is 3.33. The standard InChI is InChI=1S/C26H43N3O5S/c1-17(2)20(16-18(3)35(32,33)34)29(10)24(31)22(25(4,5)6)28-23(30)21(27-9)26(7,8)19-14-12-11-13-15-19/h11-17,20-22,27H,1-10H3,(H,28,30)(H,32,33,34)/t20-,21-,22-/m1/s1. The number of likely N-dealkylation sites (N-methyl/N-ethyl adjacent to an activating group) is 2. The van der Waals surface area contributed by atoms with Crippen LogP contribution >= 0.6 is 0 Å². The molecule has 1 aromatic carbocycles. The van der Waals surface area contributed by atoms with Gasteiger partial charge < -0.3 is 15.5 Å². The summed E-state index contributed by atoms with van der Waals surface area (Å²) >= 11 is 0. The number of carbonyl (C=O) groups is 2. The third kappa shape index (κ3) is 7.88. The van der Waals surface area contributed by atoms with Gasteiger partial charge in [0.2, 0.25) is 11.8 Å². The van der Waals surface area contributed by atoms with Crippen molar-refractivity contribution in [2.24, 2.45) is 11.3 Å². The van der Waals surface area contributed by atoms with E-state index in [0.717, 1.165) is 5.56 Å². The van der Waals surface area contributed by atoms with E-state index in [4.69, 9.17) is 0 Å². The van der Waals surface area contributed by atoms with E-state index in [2.05, 4.69) is 10.6 Å². The molecule has 0 bridgehead atoms. The number of nitrogens with one attached hydrogen (secondary N) is 2. The zero-order valence-corrected chi connectivity index (χ0v) is 23.5. The van der Waals surface area contributed by atoms with Crippen molar-refractivity contribution in [3.05, 3.63) is 46.9 Å². The second kappa shape index (κ2) is 11.7. The second-order valence-electron chi connectivity index (χ2n) is 11.1. The van der Waals surface area contributed by atoms with E-state index in [-0.39, 0.29) is 22.6 Å². The van der Waals surface area contributed by atoms with Gasteiger partial charge in [-0.3, -0.25) is 14.1 Å². The van der Waals surface area contributed by atoms with E-state index < -0.39 is 39.1 Å². The number of hydrogen-bond donors (Lipinski definition) is 3. The fourth-order valence-corrected chi connectivity index (χ4v) is 4.47. The molecule has 0 aliphatic rings. The summed E-state index contributed by atoms with van der Waals surface area (Å²) in [5.74, 6) is -0.802. The predicted octanol–water partition coefficient (Wildman–Crippen LogP) is 3.36. The molecule has 3 N–H and O–H groups in total. The van der Waals surface area contributed by atoms with Crippen LogP contribution in [0.1, 0.15) is 61.0 Å². The SMILES string of the molecule is CN[C@H](C(=O)N[C@H](C(=O)N(C)[C@H](C=C(C)S(=O)(=O)O)C(C)C)C(C)(C)C)C(C)(C)c1ccccc1. The minimum Gasteiger partial charge on any atom is -0.342 e. The topological polar surface area (TPSA) is 116 Å². The Morgan fingerprint density at radius 1 is 1.03 bits per heavy atom. The maximum atomic E-state index is 13.7. The third-order valence-corrected chi connectivity index (χ3v) is 7.43. The largest absolute Gasteiger partial charge is 0.342 e. The van der Waals surface area contributed by atoms with E-state index in [1.165, 1.54) is 17.9 Å². The number of carbonyl (C=O) groups excluding carboxylic acids is 2. The molecule has 0 radical (unpaired) electrons. The van der Waals surface area contributed by atoms with Crippen LogP contribution in [0.5, 0.6) is 0 Å². The fraction of sp³-hybridized carbons (Fsp3) is 0.615. The molecule has 35 heavy (non-hydrogen) atoms. The van der Waals surface area contributed by atoms with Crippen LogP contribution in [0.3, 0.4) is 0 Å². The van der Waals surface area contributed by atoms with Crippen molar-refractivity contribution in [2.75, 3.05) is 14.1 Å². The molecule has 0 spiro atoms. The summed E-state index contributed by atoms with van der Waals surface area (Å²) in [5.41, 5.74) is -0.205. The number of allylic oxidation sites excluding steroid dienone is 1. The van der Waals surface area contributed by atoms with Crippen LogP contribution in [0.2, 0.25) is 0 Å². The first-order valence-electron chi connectivity index (χ1n) is 11.8. The van der Waals surface area contributed by atoms with E-state index in [1.807, 2.05) is 78.8 Å². The number of benzene rings is 1. The average Bonchev–Trinajstić information content (AvgIpc) is 2.73.